The van der Waals surface area contributed by atoms with Gasteiger partial charge in [0.2, 0.25) is 0 Å². The first-order chi connectivity index (χ1) is 17.9. The molecule has 0 unspecified atom stereocenters. The van der Waals surface area contributed by atoms with Gasteiger partial charge in [0.1, 0.15) is 18.2 Å². The molecule has 1 amide bonds. The van der Waals surface area contributed by atoms with Gasteiger partial charge in [-0.2, -0.15) is 5.26 Å². The number of fused-ring (bicyclic) bond motifs is 1. The monoisotopic (exact) mass is 602 g/mol. The number of rotatable bonds is 8. The number of ether oxygens (including phenoxy) is 2. The van der Waals surface area contributed by atoms with E-state index in [1.165, 1.54) is 5.39 Å². The Labute approximate surface area is 230 Å². The van der Waals surface area contributed by atoms with Gasteiger partial charge in [-0.3, -0.25) is 4.79 Å². The lowest BCUT2D eigenvalue weighted by Crippen LogP contribution is -2.14. The van der Waals surface area contributed by atoms with E-state index in [-0.39, 0.29) is 5.57 Å². The van der Waals surface area contributed by atoms with E-state index in [0.29, 0.717) is 36.0 Å². The summed E-state index contributed by atoms with van der Waals surface area (Å²) in [6, 6.07) is 26.0. The first-order valence-corrected chi connectivity index (χ1v) is 13.0. The lowest BCUT2D eigenvalue weighted by Gasteiger charge is -2.15. The Balaban J connectivity index is 1.57. The standard InChI is InChI=1S/C31H27IN2O3/c1-4-36-29-17-23(15-26(18-33)31(35)34-28-13-20(2)9-10-21(28)3)16-27(32)30(29)37-19-22-11-12-24-7-5-6-8-25(24)14-22/h5-17H,4,19H2,1-3H3,(H,34,35)/b26-15+. The van der Waals surface area contributed by atoms with E-state index < -0.39 is 5.91 Å². The smallest absolute Gasteiger partial charge is 0.266 e. The van der Waals surface area contributed by atoms with Crippen molar-refractivity contribution in [3.05, 3.63) is 104 Å². The van der Waals surface area contributed by atoms with Gasteiger partial charge in [0.25, 0.3) is 5.91 Å². The summed E-state index contributed by atoms with van der Waals surface area (Å²) in [4.78, 5) is 12.9. The molecule has 0 atom stereocenters. The molecule has 0 saturated carbocycles. The van der Waals surface area contributed by atoms with E-state index >= 15 is 0 Å². The fourth-order valence-electron chi connectivity index (χ4n) is 3.93. The van der Waals surface area contributed by atoms with Crippen LogP contribution in [0.25, 0.3) is 16.8 Å². The highest BCUT2D eigenvalue weighted by Crippen LogP contribution is 2.36. The highest BCUT2D eigenvalue weighted by Gasteiger charge is 2.15. The van der Waals surface area contributed by atoms with Gasteiger partial charge in [0, 0.05) is 5.69 Å². The van der Waals surface area contributed by atoms with Crippen molar-refractivity contribution in [1.29, 1.82) is 5.26 Å². The number of hydrogen-bond donors (Lipinski definition) is 1. The van der Waals surface area contributed by atoms with Gasteiger partial charge in [-0.25, -0.2) is 0 Å². The first-order valence-electron chi connectivity index (χ1n) is 11.9. The number of nitrogens with zero attached hydrogens (tertiary/aromatic N) is 1. The summed E-state index contributed by atoms with van der Waals surface area (Å²) in [6.07, 6.45) is 1.57. The summed E-state index contributed by atoms with van der Waals surface area (Å²) in [6.45, 7) is 6.61. The number of aryl methyl sites for hydroxylation is 2. The number of amides is 1. The number of nitriles is 1. The van der Waals surface area contributed by atoms with Crippen LogP contribution in [0.15, 0.2) is 78.4 Å². The second-order valence-corrected chi connectivity index (χ2v) is 9.84. The Morgan fingerprint density at radius 3 is 2.54 bits per heavy atom. The molecular weight excluding hydrogens is 575 g/mol. The third-order valence-electron chi connectivity index (χ3n) is 5.85. The van der Waals surface area contributed by atoms with Crippen LogP contribution in [0.4, 0.5) is 5.69 Å². The predicted octanol–water partition coefficient (Wildman–Crippen LogP) is 7.58. The zero-order valence-corrected chi connectivity index (χ0v) is 23.1. The topological polar surface area (TPSA) is 71.3 Å². The Morgan fingerprint density at radius 1 is 1.00 bits per heavy atom. The van der Waals surface area contributed by atoms with Gasteiger partial charge in [0.05, 0.1) is 10.2 Å². The zero-order valence-electron chi connectivity index (χ0n) is 21.0. The average molecular weight is 602 g/mol. The fourth-order valence-corrected chi connectivity index (χ4v) is 4.71. The normalized spacial score (nSPS) is 11.2. The molecule has 4 aromatic rings. The lowest BCUT2D eigenvalue weighted by molar-refractivity contribution is -0.112. The summed E-state index contributed by atoms with van der Waals surface area (Å²) in [5.41, 5.74) is 4.38. The minimum absolute atomic E-state index is 0.00369. The van der Waals surface area contributed by atoms with E-state index in [1.54, 1.807) is 12.1 Å². The molecule has 4 rings (SSSR count). The third kappa shape index (κ3) is 6.49. The van der Waals surface area contributed by atoms with Gasteiger partial charge in [0.15, 0.2) is 11.5 Å². The summed E-state index contributed by atoms with van der Waals surface area (Å²) in [5.74, 6) is 0.737. The van der Waals surface area contributed by atoms with Gasteiger partial charge in [-0.1, -0.05) is 48.5 Å². The van der Waals surface area contributed by atoms with E-state index in [9.17, 15) is 10.1 Å². The van der Waals surface area contributed by atoms with Crippen LogP contribution in [0.3, 0.4) is 0 Å². The maximum Gasteiger partial charge on any atom is 0.266 e. The van der Waals surface area contributed by atoms with E-state index in [4.69, 9.17) is 9.47 Å². The van der Waals surface area contributed by atoms with Crippen LogP contribution >= 0.6 is 22.6 Å². The highest BCUT2D eigenvalue weighted by molar-refractivity contribution is 14.1. The molecule has 1 N–H and O–H groups in total. The second-order valence-electron chi connectivity index (χ2n) is 8.68. The molecule has 0 aliphatic rings. The largest absolute Gasteiger partial charge is 0.490 e. The lowest BCUT2D eigenvalue weighted by atomic mass is 10.1. The van der Waals surface area contributed by atoms with Gasteiger partial charge >= 0.3 is 0 Å². The van der Waals surface area contributed by atoms with Crippen LogP contribution < -0.4 is 14.8 Å². The molecule has 0 aliphatic heterocycles. The fraction of sp³-hybridized carbons (Fsp3) is 0.161. The molecule has 186 valence electrons. The van der Waals surface area contributed by atoms with Crippen LogP contribution in [0.5, 0.6) is 11.5 Å². The van der Waals surface area contributed by atoms with E-state index in [0.717, 1.165) is 25.6 Å². The molecular formula is C31H27IN2O3. The number of carbonyl (C=O) groups excluding carboxylic acids is 1. The van der Waals surface area contributed by atoms with Gasteiger partial charge < -0.3 is 14.8 Å². The van der Waals surface area contributed by atoms with E-state index in [2.05, 4.69) is 58.2 Å². The first kappa shape index (κ1) is 26.2. The molecule has 0 heterocycles. The number of hydrogen-bond acceptors (Lipinski definition) is 4. The maximum atomic E-state index is 12.9. The Bertz CT molecular complexity index is 1540. The van der Waals surface area contributed by atoms with Crippen molar-refractivity contribution < 1.29 is 14.3 Å². The van der Waals surface area contributed by atoms with Crippen molar-refractivity contribution in [3.8, 4) is 17.6 Å². The van der Waals surface area contributed by atoms with Crippen molar-refractivity contribution in [2.75, 3.05) is 11.9 Å². The van der Waals surface area contributed by atoms with Crippen LogP contribution in [0, 0.1) is 28.7 Å². The minimum atomic E-state index is -0.458. The Kier molecular flexibility index (Phi) is 8.47. The maximum absolute atomic E-state index is 12.9. The van der Waals surface area contributed by atoms with Crippen molar-refractivity contribution in [2.24, 2.45) is 0 Å². The minimum Gasteiger partial charge on any atom is -0.490 e. The van der Waals surface area contributed by atoms with Crippen LogP contribution in [0.2, 0.25) is 0 Å². The molecule has 4 aromatic carbocycles. The predicted molar refractivity (Wildman–Crippen MR) is 157 cm³/mol. The number of nitrogens with one attached hydrogen (secondary N) is 1. The van der Waals surface area contributed by atoms with Crippen molar-refractivity contribution >= 4 is 51.0 Å². The van der Waals surface area contributed by atoms with Crippen molar-refractivity contribution in [2.45, 2.75) is 27.4 Å². The quantitative estimate of drug-likeness (QED) is 0.128. The van der Waals surface area contributed by atoms with Crippen LogP contribution in [-0.2, 0) is 11.4 Å². The molecule has 0 radical (unpaired) electrons. The average Bonchev–Trinajstić information content (AvgIpc) is 2.89. The summed E-state index contributed by atoms with van der Waals surface area (Å²) in [7, 11) is 0. The van der Waals surface area contributed by atoms with Crippen LogP contribution in [0.1, 0.15) is 29.2 Å². The summed E-state index contributed by atoms with van der Waals surface area (Å²) >= 11 is 2.19. The van der Waals surface area contributed by atoms with Gasteiger partial charge in [-0.15, -0.1) is 0 Å². The molecule has 37 heavy (non-hydrogen) atoms. The number of benzene rings is 4. The molecule has 6 heteroatoms. The number of carbonyl (C=O) groups is 1. The zero-order chi connectivity index (χ0) is 26.4. The molecule has 0 aromatic heterocycles. The molecule has 0 aliphatic carbocycles. The molecule has 0 spiro atoms. The summed E-state index contributed by atoms with van der Waals surface area (Å²) in [5, 5.41) is 14.9. The SMILES string of the molecule is CCOc1cc(/C=C(\C#N)C(=O)Nc2cc(C)ccc2C)cc(I)c1OCc1ccc2ccccc2c1. The highest BCUT2D eigenvalue weighted by atomic mass is 127. The van der Waals surface area contributed by atoms with Crippen molar-refractivity contribution in [1.82, 2.24) is 0 Å². The van der Waals surface area contributed by atoms with E-state index in [1.807, 2.05) is 63.2 Å². The molecule has 5 nitrogen and oxygen atoms in total. The number of halogens is 1. The molecule has 0 saturated heterocycles. The second kappa shape index (κ2) is 11.9. The van der Waals surface area contributed by atoms with Crippen molar-refractivity contribution in [3.63, 3.8) is 0 Å². The Morgan fingerprint density at radius 2 is 1.78 bits per heavy atom. The van der Waals surface area contributed by atoms with Gasteiger partial charge in [-0.05, 0) is 107 Å². The van der Waals surface area contributed by atoms with Crippen LogP contribution in [-0.4, -0.2) is 12.5 Å². The molecule has 0 fully saturated rings. The summed E-state index contributed by atoms with van der Waals surface area (Å²) < 4.78 is 12.9. The molecule has 0 bridgehead atoms. The Hall–Kier alpha value is -3.83. The third-order valence-corrected chi connectivity index (χ3v) is 6.65. The number of anilines is 1.